The molecule has 2 aromatic carbocycles. The highest BCUT2D eigenvalue weighted by atomic mass is 79.9. The number of rotatable bonds is 5. The van der Waals surface area contributed by atoms with E-state index < -0.39 is 0 Å². The van der Waals surface area contributed by atoms with Gasteiger partial charge in [0.25, 0.3) is 0 Å². The van der Waals surface area contributed by atoms with E-state index in [0.717, 1.165) is 15.7 Å². The SMILES string of the molecule is Cc1ccc(-n2c(SCC(N)=O)nnc2-c2ccccc2Br)cc1. The third-order valence-corrected chi connectivity index (χ3v) is 5.03. The van der Waals surface area contributed by atoms with Crippen molar-refractivity contribution >= 4 is 33.6 Å². The first-order chi connectivity index (χ1) is 11.6. The van der Waals surface area contributed by atoms with Crippen LogP contribution in [0.1, 0.15) is 5.56 Å². The maximum atomic E-state index is 11.1. The number of carbonyl (C=O) groups is 1. The Morgan fingerprint density at radius 2 is 1.88 bits per heavy atom. The van der Waals surface area contributed by atoms with E-state index in [9.17, 15) is 4.79 Å². The number of hydrogen-bond acceptors (Lipinski definition) is 4. The topological polar surface area (TPSA) is 73.8 Å². The van der Waals surface area contributed by atoms with E-state index in [-0.39, 0.29) is 11.7 Å². The number of thioether (sulfide) groups is 1. The first kappa shape index (κ1) is 16.7. The standard InChI is InChI=1S/C17H15BrN4OS/c1-11-6-8-12(9-7-11)22-16(13-4-2-3-5-14(13)18)20-21-17(22)24-10-15(19)23/h2-9H,10H2,1H3,(H2,19,23). The molecule has 0 saturated heterocycles. The van der Waals surface area contributed by atoms with E-state index in [2.05, 4.69) is 26.1 Å². The van der Waals surface area contributed by atoms with Crippen LogP contribution < -0.4 is 5.73 Å². The molecule has 1 heterocycles. The number of primary amides is 1. The highest BCUT2D eigenvalue weighted by molar-refractivity contribution is 9.10. The predicted octanol–water partition coefficient (Wildman–Crippen LogP) is 3.58. The molecule has 3 rings (SSSR count). The zero-order valence-electron chi connectivity index (χ0n) is 12.9. The summed E-state index contributed by atoms with van der Waals surface area (Å²) in [5, 5.41) is 9.21. The molecule has 0 unspecified atom stereocenters. The summed E-state index contributed by atoms with van der Waals surface area (Å²) in [5.41, 5.74) is 8.29. The molecule has 0 bridgehead atoms. The van der Waals surface area contributed by atoms with Crippen molar-refractivity contribution in [2.45, 2.75) is 12.1 Å². The van der Waals surface area contributed by atoms with Crippen LogP contribution in [0.25, 0.3) is 17.1 Å². The highest BCUT2D eigenvalue weighted by Gasteiger charge is 2.18. The van der Waals surface area contributed by atoms with Gasteiger partial charge in [0, 0.05) is 15.7 Å². The Labute approximate surface area is 152 Å². The van der Waals surface area contributed by atoms with Crippen LogP contribution in [0.5, 0.6) is 0 Å². The van der Waals surface area contributed by atoms with Gasteiger partial charge in [-0.05, 0) is 25.1 Å². The van der Waals surface area contributed by atoms with Gasteiger partial charge in [-0.1, -0.05) is 63.6 Å². The van der Waals surface area contributed by atoms with Gasteiger partial charge in [-0.15, -0.1) is 10.2 Å². The van der Waals surface area contributed by atoms with Crippen molar-refractivity contribution in [2.24, 2.45) is 5.73 Å². The number of nitrogens with two attached hydrogens (primary N) is 1. The maximum absolute atomic E-state index is 11.1. The van der Waals surface area contributed by atoms with E-state index in [1.807, 2.05) is 60.0 Å². The Bertz CT molecular complexity index is 877. The number of benzene rings is 2. The molecule has 0 radical (unpaired) electrons. The van der Waals surface area contributed by atoms with Crippen LogP contribution in [0.2, 0.25) is 0 Å². The molecule has 5 nitrogen and oxygen atoms in total. The van der Waals surface area contributed by atoms with Crippen LogP contribution in [-0.2, 0) is 4.79 Å². The molecule has 0 aliphatic heterocycles. The molecule has 7 heteroatoms. The molecule has 122 valence electrons. The van der Waals surface area contributed by atoms with E-state index in [1.54, 1.807) is 0 Å². The summed E-state index contributed by atoms with van der Waals surface area (Å²) < 4.78 is 2.87. The molecule has 3 aromatic rings. The number of hydrogen-bond donors (Lipinski definition) is 1. The predicted molar refractivity (Wildman–Crippen MR) is 99.2 cm³/mol. The highest BCUT2D eigenvalue weighted by Crippen LogP contribution is 2.32. The second-order valence-corrected chi connectivity index (χ2v) is 7.01. The summed E-state index contributed by atoms with van der Waals surface area (Å²) >= 11 is 4.84. The molecule has 0 atom stereocenters. The summed E-state index contributed by atoms with van der Waals surface area (Å²) in [7, 11) is 0. The summed E-state index contributed by atoms with van der Waals surface area (Å²) in [6.07, 6.45) is 0. The minimum absolute atomic E-state index is 0.153. The molecule has 1 amide bonds. The lowest BCUT2D eigenvalue weighted by Gasteiger charge is -2.11. The van der Waals surface area contributed by atoms with Crippen molar-refractivity contribution in [1.29, 1.82) is 0 Å². The quantitative estimate of drug-likeness (QED) is 0.661. The van der Waals surface area contributed by atoms with Crippen LogP contribution >= 0.6 is 27.7 Å². The second-order valence-electron chi connectivity index (χ2n) is 5.21. The van der Waals surface area contributed by atoms with Crippen LogP contribution in [-0.4, -0.2) is 26.4 Å². The largest absolute Gasteiger partial charge is 0.369 e. The smallest absolute Gasteiger partial charge is 0.227 e. The first-order valence-corrected chi connectivity index (χ1v) is 9.02. The fourth-order valence-electron chi connectivity index (χ4n) is 2.24. The van der Waals surface area contributed by atoms with E-state index in [1.165, 1.54) is 17.3 Å². The van der Waals surface area contributed by atoms with Crippen LogP contribution in [0.15, 0.2) is 58.2 Å². The number of nitrogens with zero attached hydrogens (tertiary/aromatic N) is 3. The fraction of sp³-hybridized carbons (Fsp3) is 0.118. The number of carbonyl (C=O) groups excluding carboxylic acids is 1. The molecular formula is C17H15BrN4OS. The average molecular weight is 403 g/mol. The number of halogens is 1. The van der Waals surface area contributed by atoms with Gasteiger partial charge >= 0.3 is 0 Å². The van der Waals surface area contributed by atoms with Crippen LogP contribution in [0.3, 0.4) is 0 Å². The zero-order valence-corrected chi connectivity index (χ0v) is 15.3. The van der Waals surface area contributed by atoms with Crippen molar-refractivity contribution in [3.8, 4) is 17.1 Å². The third-order valence-electron chi connectivity index (χ3n) is 3.38. The van der Waals surface area contributed by atoms with Crippen LogP contribution in [0.4, 0.5) is 0 Å². The van der Waals surface area contributed by atoms with Gasteiger partial charge < -0.3 is 5.73 Å². The lowest BCUT2D eigenvalue weighted by atomic mass is 10.2. The molecule has 2 N–H and O–H groups in total. The molecule has 24 heavy (non-hydrogen) atoms. The summed E-state index contributed by atoms with van der Waals surface area (Å²) in [6.45, 7) is 2.04. The number of aryl methyl sites for hydroxylation is 1. The molecule has 0 spiro atoms. The normalized spacial score (nSPS) is 10.8. The second kappa shape index (κ2) is 7.19. The Hall–Kier alpha value is -2.12. The van der Waals surface area contributed by atoms with Crippen molar-refractivity contribution in [1.82, 2.24) is 14.8 Å². The first-order valence-electron chi connectivity index (χ1n) is 7.24. The van der Waals surface area contributed by atoms with Crippen LogP contribution in [0, 0.1) is 6.92 Å². The van der Waals surface area contributed by atoms with E-state index in [4.69, 9.17) is 5.73 Å². The summed E-state index contributed by atoms with van der Waals surface area (Å²) in [5.74, 6) is 0.471. The summed E-state index contributed by atoms with van der Waals surface area (Å²) in [4.78, 5) is 11.1. The number of amides is 1. The Morgan fingerprint density at radius 1 is 1.17 bits per heavy atom. The summed E-state index contributed by atoms with van der Waals surface area (Å²) in [6, 6.07) is 15.9. The zero-order chi connectivity index (χ0) is 17.1. The maximum Gasteiger partial charge on any atom is 0.227 e. The molecule has 1 aromatic heterocycles. The van der Waals surface area contributed by atoms with Crippen molar-refractivity contribution in [3.63, 3.8) is 0 Å². The Morgan fingerprint density at radius 3 is 2.54 bits per heavy atom. The van der Waals surface area contributed by atoms with Gasteiger partial charge in [0.15, 0.2) is 11.0 Å². The van der Waals surface area contributed by atoms with Crippen molar-refractivity contribution in [2.75, 3.05) is 5.75 Å². The minimum Gasteiger partial charge on any atom is -0.369 e. The molecule has 0 saturated carbocycles. The van der Waals surface area contributed by atoms with E-state index >= 15 is 0 Å². The average Bonchev–Trinajstić information content (AvgIpc) is 2.98. The number of aromatic nitrogens is 3. The molecule has 0 aliphatic rings. The Kier molecular flexibility index (Phi) is 5.01. The van der Waals surface area contributed by atoms with Gasteiger partial charge in [-0.2, -0.15) is 0 Å². The lowest BCUT2D eigenvalue weighted by molar-refractivity contribution is -0.115. The third kappa shape index (κ3) is 3.52. The van der Waals surface area contributed by atoms with Gasteiger partial charge in [-0.3, -0.25) is 9.36 Å². The minimum atomic E-state index is -0.388. The monoisotopic (exact) mass is 402 g/mol. The fourth-order valence-corrected chi connectivity index (χ4v) is 3.40. The molecular weight excluding hydrogens is 388 g/mol. The van der Waals surface area contributed by atoms with Gasteiger partial charge in [0.05, 0.1) is 5.75 Å². The Balaban J connectivity index is 2.14. The van der Waals surface area contributed by atoms with E-state index in [0.29, 0.717) is 11.0 Å². The van der Waals surface area contributed by atoms with Gasteiger partial charge in [0.2, 0.25) is 5.91 Å². The van der Waals surface area contributed by atoms with Crippen molar-refractivity contribution in [3.05, 3.63) is 58.6 Å². The molecule has 0 aliphatic carbocycles. The van der Waals surface area contributed by atoms with Crippen molar-refractivity contribution < 1.29 is 4.79 Å². The molecule has 0 fully saturated rings. The van der Waals surface area contributed by atoms with Gasteiger partial charge in [0.1, 0.15) is 0 Å². The lowest BCUT2D eigenvalue weighted by Crippen LogP contribution is -2.13. The van der Waals surface area contributed by atoms with Gasteiger partial charge in [-0.25, -0.2) is 0 Å².